The molecule has 0 fully saturated rings. The lowest BCUT2D eigenvalue weighted by atomic mass is 10.1. The van der Waals surface area contributed by atoms with Gasteiger partial charge in [0.05, 0.1) is 0 Å². The first kappa shape index (κ1) is 12.2. The Morgan fingerprint density at radius 2 is 1.75 bits per heavy atom. The van der Waals surface area contributed by atoms with Crippen molar-refractivity contribution in [2.24, 2.45) is 0 Å². The van der Waals surface area contributed by atoms with E-state index in [1.165, 1.54) is 0 Å². The van der Waals surface area contributed by atoms with Gasteiger partial charge in [-0.1, -0.05) is 32.6 Å². The van der Waals surface area contributed by atoms with Crippen LogP contribution < -0.4 is 0 Å². The van der Waals surface area contributed by atoms with Crippen molar-refractivity contribution in [3.63, 3.8) is 0 Å². The molecule has 0 heterocycles. The Kier molecular flexibility index (Phi) is 9.48. The van der Waals surface area contributed by atoms with Gasteiger partial charge in [0.2, 0.25) is 0 Å². The first-order chi connectivity index (χ1) is 5.81. The van der Waals surface area contributed by atoms with Crippen LogP contribution in [0.5, 0.6) is 0 Å². The second kappa shape index (κ2) is 9.31. The van der Waals surface area contributed by atoms with Crippen LogP contribution in [-0.2, 0) is 0 Å². The highest BCUT2D eigenvalue weighted by molar-refractivity contribution is 6.17. The van der Waals surface area contributed by atoms with Crippen molar-refractivity contribution in [2.75, 3.05) is 5.88 Å². The second-order valence-electron chi connectivity index (χ2n) is 3.28. The largest absolute Gasteiger partial charge is 0.247 e. The molecule has 0 aromatic heterocycles. The van der Waals surface area contributed by atoms with E-state index in [9.17, 15) is 4.39 Å². The highest BCUT2D eigenvalue weighted by Gasteiger charge is 2.03. The highest BCUT2D eigenvalue weighted by atomic mass is 35.5. The Morgan fingerprint density at radius 1 is 1.08 bits per heavy atom. The van der Waals surface area contributed by atoms with Gasteiger partial charge in [-0.2, -0.15) is 0 Å². The molecule has 0 rings (SSSR count). The molecule has 0 saturated carbocycles. The third-order valence-corrected chi connectivity index (χ3v) is 2.27. The SMILES string of the molecule is CCCC(F)CCCCCCCl. The van der Waals surface area contributed by atoms with E-state index in [0.29, 0.717) is 0 Å². The first-order valence-electron chi connectivity index (χ1n) is 5.01. The minimum absolute atomic E-state index is 0.564. The predicted molar refractivity (Wildman–Crippen MR) is 53.6 cm³/mol. The van der Waals surface area contributed by atoms with Crippen molar-refractivity contribution in [3.05, 3.63) is 0 Å². The van der Waals surface area contributed by atoms with Gasteiger partial charge in [0.1, 0.15) is 6.17 Å². The van der Waals surface area contributed by atoms with Gasteiger partial charge in [-0.05, 0) is 19.3 Å². The molecule has 0 nitrogen and oxygen atoms in total. The molecule has 12 heavy (non-hydrogen) atoms. The van der Waals surface area contributed by atoms with E-state index in [0.717, 1.165) is 50.8 Å². The second-order valence-corrected chi connectivity index (χ2v) is 3.66. The smallest absolute Gasteiger partial charge is 0.100 e. The van der Waals surface area contributed by atoms with Gasteiger partial charge in [0.25, 0.3) is 0 Å². The number of hydrogen-bond donors (Lipinski definition) is 0. The molecule has 1 unspecified atom stereocenters. The van der Waals surface area contributed by atoms with Crippen molar-refractivity contribution in [1.29, 1.82) is 0 Å². The Hall–Kier alpha value is 0.220. The molecule has 0 spiro atoms. The van der Waals surface area contributed by atoms with Crippen LogP contribution in [0.1, 0.15) is 51.9 Å². The van der Waals surface area contributed by atoms with Gasteiger partial charge in [0.15, 0.2) is 0 Å². The van der Waals surface area contributed by atoms with Gasteiger partial charge in [0, 0.05) is 5.88 Å². The Morgan fingerprint density at radius 3 is 2.33 bits per heavy atom. The van der Waals surface area contributed by atoms with Crippen LogP contribution in [0.2, 0.25) is 0 Å². The Balaban J connectivity index is 2.97. The average molecular weight is 195 g/mol. The number of hydrogen-bond acceptors (Lipinski definition) is 0. The summed E-state index contributed by atoms with van der Waals surface area (Å²) in [4.78, 5) is 0. The molecule has 74 valence electrons. The first-order valence-corrected chi connectivity index (χ1v) is 5.54. The molecule has 0 aromatic carbocycles. The van der Waals surface area contributed by atoms with Crippen LogP contribution in [0.15, 0.2) is 0 Å². The summed E-state index contributed by atoms with van der Waals surface area (Å²) in [5, 5.41) is 0. The molecule has 1 atom stereocenters. The molecule has 0 aromatic rings. The molecule has 0 amide bonds. The third-order valence-electron chi connectivity index (χ3n) is 2.00. The number of rotatable bonds is 8. The molecule has 2 heteroatoms. The number of halogens is 2. The van der Waals surface area contributed by atoms with Crippen LogP contribution in [0.4, 0.5) is 4.39 Å². The molecule has 0 radical (unpaired) electrons. The number of alkyl halides is 2. The minimum Gasteiger partial charge on any atom is -0.247 e. The fourth-order valence-corrected chi connectivity index (χ4v) is 1.46. The van der Waals surface area contributed by atoms with Gasteiger partial charge in [-0.3, -0.25) is 0 Å². The van der Waals surface area contributed by atoms with Gasteiger partial charge in [-0.25, -0.2) is 4.39 Å². The summed E-state index contributed by atoms with van der Waals surface area (Å²) in [6.07, 6.45) is 6.27. The van der Waals surface area contributed by atoms with E-state index < -0.39 is 6.17 Å². The average Bonchev–Trinajstić information content (AvgIpc) is 2.05. The normalized spacial score (nSPS) is 13.2. The summed E-state index contributed by atoms with van der Waals surface area (Å²) in [5.74, 6) is 0.744. The lowest BCUT2D eigenvalue weighted by Gasteiger charge is -2.05. The van der Waals surface area contributed by atoms with Crippen molar-refractivity contribution in [3.8, 4) is 0 Å². The number of unbranched alkanes of at least 4 members (excludes halogenated alkanes) is 3. The molecule has 0 aliphatic rings. The lowest BCUT2D eigenvalue weighted by molar-refractivity contribution is 0.285. The lowest BCUT2D eigenvalue weighted by Crippen LogP contribution is -1.98. The van der Waals surface area contributed by atoms with Crippen LogP contribution in [0, 0.1) is 0 Å². The van der Waals surface area contributed by atoms with E-state index in [1.807, 2.05) is 6.92 Å². The zero-order chi connectivity index (χ0) is 9.23. The zero-order valence-electron chi connectivity index (χ0n) is 7.99. The molecule has 0 N–H and O–H groups in total. The van der Waals surface area contributed by atoms with E-state index in [2.05, 4.69) is 0 Å². The van der Waals surface area contributed by atoms with Crippen molar-refractivity contribution in [1.82, 2.24) is 0 Å². The summed E-state index contributed by atoms with van der Waals surface area (Å²) in [7, 11) is 0. The summed E-state index contributed by atoms with van der Waals surface area (Å²) in [6.45, 7) is 2.03. The Labute approximate surface area is 80.5 Å². The monoisotopic (exact) mass is 194 g/mol. The predicted octanol–water partition coefficient (Wildman–Crippen LogP) is 4.31. The summed E-state index contributed by atoms with van der Waals surface area (Å²) in [5.41, 5.74) is 0. The van der Waals surface area contributed by atoms with Crippen molar-refractivity contribution in [2.45, 2.75) is 58.0 Å². The fourth-order valence-electron chi connectivity index (χ4n) is 1.27. The minimum atomic E-state index is -0.564. The Bertz CT molecular complexity index is 85.9. The van der Waals surface area contributed by atoms with E-state index in [4.69, 9.17) is 11.6 Å². The fraction of sp³-hybridized carbons (Fsp3) is 1.00. The maximum atomic E-state index is 12.9. The van der Waals surface area contributed by atoms with Crippen molar-refractivity contribution >= 4 is 11.6 Å². The highest BCUT2D eigenvalue weighted by Crippen LogP contribution is 2.12. The van der Waals surface area contributed by atoms with Gasteiger partial charge in [-0.15, -0.1) is 11.6 Å². The summed E-state index contributed by atoms with van der Waals surface area (Å²) >= 11 is 5.52. The molecule has 0 saturated heterocycles. The van der Waals surface area contributed by atoms with E-state index >= 15 is 0 Å². The van der Waals surface area contributed by atoms with Crippen LogP contribution in [0.25, 0.3) is 0 Å². The van der Waals surface area contributed by atoms with E-state index in [1.54, 1.807) is 0 Å². The molecular weight excluding hydrogens is 175 g/mol. The van der Waals surface area contributed by atoms with Crippen LogP contribution in [0.3, 0.4) is 0 Å². The molecule has 0 aliphatic heterocycles. The topological polar surface area (TPSA) is 0 Å². The maximum absolute atomic E-state index is 12.9. The van der Waals surface area contributed by atoms with Crippen molar-refractivity contribution < 1.29 is 4.39 Å². The van der Waals surface area contributed by atoms with Gasteiger partial charge < -0.3 is 0 Å². The molecule has 0 aliphatic carbocycles. The molecule has 0 bridgehead atoms. The quantitative estimate of drug-likeness (QED) is 0.399. The maximum Gasteiger partial charge on any atom is 0.100 e. The zero-order valence-corrected chi connectivity index (χ0v) is 8.75. The van der Waals surface area contributed by atoms with Crippen LogP contribution in [-0.4, -0.2) is 12.1 Å². The molecular formula is C10H20ClF. The summed E-state index contributed by atoms with van der Waals surface area (Å²) in [6, 6.07) is 0. The van der Waals surface area contributed by atoms with Gasteiger partial charge >= 0.3 is 0 Å². The third kappa shape index (κ3) is 8.32. The van der Waals surface area contributed by atoms with E-state index in [-0.39, 0.29) is 0 Å². The summed E-state index contributed by atoms with van der Waals surface area (Å²) < 4.78 is 12.9. The standard InChI is InChI=1S/C10H20ClF/c1-2-7-10(12)8-5-3-4-6-9-11/h10H,2-9H2,1H3. The van der Waals surface area contributed by atoms with Crippen LogP contribution >= 0.6 is 11.6 Å².